The Morgan fingerprint density at radius 1 is 1.04 bits per heavy atom. The monoisotopic (exact) mass is 394 g/mol. The molecule has 28 heavy (non-hydrogen) atoms. The number of rotatable bonds is 5. The third-order valence-electron chi connectivity index (χ3n) is 5.07. The summed E-state index contributed by atoms with van der Waals surface area (Å²) in [6.07, 6.45) is 1.96. The van der Waals surface area contributed by atoms with Gasteiger partial charge < -0.3 is 14.4 Å². The van der Waals surface area contributed by atoms with Crippen LogP contribution < -0.4 is 9.47 Å². The van der Waals surface area contributed by atoms with E-state index in [9.17, 15) is 4.79 Å². The van der Waals surface area contributed by atoms with E-state index in [1.165, 1.54) is 11.3 Å². The van der Waals surface area contributed by atoms with Crippen molar-refractivity contribution in [2.75, 3.05) is 20.8 Å². The number of likely N-dealkylation sites (tertiary alicyclic amines) is 1. The number of aromatic nitrogens is 1. The minimum Gasteiger partial charge on any atom is -0.497 e. The lowest BCUT2D eigenvalue weighted by Crippen LogP contribution is -2.30. The van der Waals surface area contributed by atoms with E-state index >= 15 is 0 Å². The Kier molecular flexibility index (Phi) is 5.30. The lowest BCUT2D eigenvalue weighted by atomic mass is 10.0. The Balaban J connectivity index is 1.53. The van der Waals surface area contributed by atoms with Crippen molar-refractivity contribution in [3.63, 3.8) is 0 Å². The number of methoxy groups -OCH3 is 2. The summed E-state index contributed by atoms with van der Waals surface area (Å²) >= 11 is 1.49. The largest absolute Gasteiger partial charge is 0.497 e. The van der Waals surface area contributed by atoms with Crippen LogP contribution in [0.2, 0.25) is 0 Å². The van der Waals surface area contributed by atoms with E-state index in [1.807, 2.05) is 58.8 Å². The predicted molar refractivity (Wildman–Crippen MR) is 110 cm³/mol. The van der Waals surface area contributed by atoms with Gasteiger partial charge >= 0.3 is 0 Å². The first-order valence-corrected chi connectivity index (χ1v) is 10.1. The fourth-order valence-electron chi connectivity index (χ4n) is 3.57. The maximum atomic E-state index is 13.1. The number of nitrogens with zero attached hydrogens (tertiary/aromatic N) is 2. The van der Waals surface area contributed by atoms with Crippen LogP contribution in [0.4, 0.5) is 0 Å². The first kappa shape index (κ1) is 18.5. The molecule has 1 atom stereocenters. The highest BCUT2D eigenvalue weighted by atomic mass is 32.1. The van der Waals surface area contributed by atoms with Crippen LogP contribution in [0.1, 0.15) is 34.9 Å². The van der Waals surface area contributed by atoms with Gasteiger partial charge in [0.2, 0.25) is 0 Å². The average molecular weight is 394 g/mol. The van der Waals surface area contributed by atoms with E-state index in [1.54, 1.807) is 14.2 Å². The summed E-state index contributed by atoms with van der Waals surface area (Å²) in [5.41, 5.74) is 2.63. The molecule has 1 saturated heterocycles. The smallest absolute Gasteiger partial charge is 0.273 e. The Hall–Kier alpha value is -2.86. The summed E-state index contributed by atoms with van der Waals surface area (Å²) in [6, 6.07) is 15.8. The van der Waals surface area contributed by atoms with E-state index in [-0.39, 0.29) is 11.9 Å². The second kappa shape index (κ2) is 8.02. The molecule has 0 unspecified atom stereocenters. The summed E-state index contributed by atoms with van der Waals surface area (Å²) in [7, 11) is 3.30. The highest BCUT2D eigenvalue weighted by Gasteiger charge is 2.31. The third kappa shape index (κ3) is 3.60. The number of thiazole rings is 1. The van der Waals surface area contributed by atoms with Crippen molar-refractivity contribution < 1.29 is 14.3 Å². The van der Waals surface area contributed by atoms with Gasteiger partial charge in [0.15, 0.2) is 0 Å². The molecule has 1 aromatic heterocycles. The van der Waals surface area contributed by atoms with E-state index < -0.39 is 0 Å². The summed E-state index contributed by atoms with van der Waals surface area (Å²) < 4.78 is 10.4. The third-order valence-corrected chi connectivity index (χ3v) is 5.97. The van der Waals surface area contributed by atoms with Gasteiger partial charge in [-0.25, -0.2) is 4.98 Å². The number of ether oxygens (including phenoxy) is 2. The maximum absolute atomic E-state index is 13.1. The van der Waals surface area contributed by atoms with Crippen LogP contribution in [0.5, 0.6) is 11.5 Å². The zero-order valence-corrected chi connectivity index (χ0v) is 16.7. The number of hydrogen-bond donors (Lipinski definition) is 0. The molecular weight excluding hydrogens is 372 g/mol. The fourth-order valence-corrected chi connectivity index (χ4v) is 4.37. The van der Waals surface area contributed by atoms with Crippen LogP contribution in [0, 0.1) is 0 Å². The first-order chi connectivity index (χ1) is 13.7. The topological polar surface area (TPSA) is 51.7 Å². The molecule has 4 rings (SSSR count). The van der Waals surface area contributed by atoms with Crippen molar-refractivity contribution in [1.29, 1.82) is 0 Å². The van der Waals surface area contributed by atoms with Gasteiger partial charge in [-0.2, -0.15) is 0 Å². The average Bonchev–Trinajstić information content (AvgIpc) is 3.43. The van der Waals surface area contributed by atoms with Gasteiger partial charge in [0.05, 0.1) is 20.3 Å². The van der Waals surface area contributed by atoms with Crippen LogP contribution in [0.15, 0.2) is 53.9 Å². The van der Waals surface area contributed by atoms with Crippen molar-refractivity contribution in [2.45, 2.75) is 18.9 Å². The minimum atomic E-state index is -0.00525. The Labute approximate surface area is 168 Å². The second-order valence-corrected chi connectivity index (χ2v) is 7.55. The van der Waals surface area contributed by atoms with E-state index in [4.69, 9.17) is 9.47 Å². The molecule has 2 heterocycles. The van der Waals surface area contributed by atoms with Gasteiger partial charge in [-0.1, -0.05) is 12.1 Å². The lowest BCUT2D eigenvalue weighted by molar-refractivity contribution is 0.0730. The van der Waals surface area contributed by atoms with E-state index in [0.717, 1.165) is 47.0 Å². The SMILES string of the molecule is COc1ccc(-c2nc(C(=O)N3CCC[C@H]3c3ccc(OC)cc3)cs2)cc1. The van der Waals surface area contributed by atoms with Gasteiger partial charge in [-0.15, -0.1) is 11.3 Å². The first-order valence-electron chi connectivity index (χ1n) is 9.24. The van der Waals surface area contributed by atoms with Gasteiger partial charge in [0, 0.05) is 17.5 Å². The van der Waals surface area contributed by atoms with Gasteiger partial charge in [0.1, 0.15) is 22.2 Å². The molecule has 0 aliphatic carbocycles. The van der Waals surface area contributed by atoms with Crippen molar-refractivity contribution >= 4 is 17.2 Å². The summed E-state index contributed by atoms with van der Waals surface area (Å²) in [6.45, 7) is 0.755. The molecule has 5 nitrogen and oxygen atoms in total. The van der Waals surface area contributed by atoms with E-state index in [2.05, 4.69) is 4.98 Å². The molecule has 0 N–H and O–H groups in total. The van der Waals surface area contributed by atoms with Crippen molar-refractivity contribution in [3.8, 4) is 22.1 Å². The molecule has 144 valence electrons. The number of hydrogen-bond acceptors (Lipinski definition) is 5. The zero-order valence-electron chi connectivity index (χ0n) is 15.9. The van der Waals surface area contributed by atoms with Crippen LogP contribution in [0.25, 0.3) is 10.6 Å². The Morgan fingerprint density at radius 2 is 1.68 bits per heavy atom. The van der Waals surface area contributed by atoms with Crippen LogP contribution in [-0.2, 0) is 0 Å². The van der Waals surface area contributed by atoms with Crippen LogP contribution >= 0.6 is 11.3 Å². The van der Waals surface area contributed by atoms with Crippen molar-refractivity contribution in [3.05, 3.63) is 65.2 Å². The minimum absolute atomic E-state index is 0.00525. The molecule has 1 amide bonds. The molecule has 1 fully saturated rings. The Morgan fingerprint density at radius 3 is 2.32 bits per heavy atom. The summed E-state index contributed by atoms with van der Waals surface area (Å²) in [5.74, 6) is 1.62. The molecule has 0 saturated carbocycles. The number of carbonyl (C=O) groups is 1. The molecular formula is C22H22N2O3S. The molecule has 0 spiro atoms. The number of benzene rings is 2. The number of carbonyl (C=O) groups excluding carboxylic acids is 1. The molecule has 0 radical (unpaired) electrons. The maximum Gasteiger partial charge on any atom is 0.273 e. The van der Waals surface area contributed by atoms with Crippen molar-refractivity contribution in [1.82, 2.24) is 9.88 Å². The normalized spacial score (nSPS) is 16.2. The van der Waals surface area contributed by atoms with Crippen LogP contribution in [0.3, 0.4) is 0 Å². The Bertz CT molecular complexity index is 951. The molecule has 1 aliphatic heterocycles. The summed E-state index contributed by atoms with van der Waals surface area (Å²) in [5, 5.41) is 2.69. The molecule has 1 aliphatic rings. The highest BCUT2D eigenvalue weighted by Crippen LogP contribution is 2.34. The highest BCUT2D eigenvalue weighted by molar-refractivity contribution is 7.13. The molecule has 6 heteroatoms. The van der Waals surface area contributed by atoms with E-state index in [0.29, 0.717) is 5.69 Å². The molecule has 0 bridgehead atoms. The van der Waals surface area contributed by atoms with Crippen LogP contribution in [-0.4, -0.2) is 36.6 Å². The second-order valence-electron chi connectivity index (χ2n) is 6.70. The summed E-state index contributed by atoms with van der Waals surface area (Å²) in [4.78, 5) is 19.7. The molecule has 2 aromatic carbocycles. The zero-order chi connectivity index (χ0) is 19.5. The van der Waals surface area contributed by atoms with Gasteiger partial charge in [-0.3, -0.25) is 4.79 Å². The standard InChI is InChI=1S/C22H22N2O3S/c1-26-17-9-5-15(6-10-17)20-4-3-13-24(20)22(25)19-14-28-21(23-19)16-7-11-18(27-2)12-8-16/h5-12,14,20H,3-4,13H2,1-2H3/t20-/m0/s1. The number of amides is 1. The van der Waals surface area contributed by atoms with Gasteiger partial charge in [-0.05, 0) is 54.8 Å². The molecule has 3 aromatic rings. The van der Waals surface area contributed by atoms with Crippen molar-refractivity contribution in [2.24, 2.45) is 0 Å². The van der Waals surface area contributed by atoms with Gasteiger partial charge in [0.25, 0.3) is 5.91 Å². The quantitative estimate of drug-likeness (QED) is 0.623. The predicted octanol–water partition coefficient (Wildman–Crippen LogP) is 4.80. The lowest BCUT2D eigenvalue weighted by Gasteiger charge is -2.24. The fraction of sp³-hybridized carbons (Fsp3) is 0.273.